The van der Waals surface area contributed by atoms with Crippen LogP contribution in [0.25, 0.3) is 0 Å². The van der Waals surface area contributed by atoms with Crippen molar-refractivity contribution in [2.24, 2.45) is 0 Å². The summed E-state index contributed by atoms with van der Waals surface area (Å²) in [6.45, 7) is 8.19. The predicted molar refractivity (Wildman–Crippen MR) is 85.8 cm³/mol. The molecular weight excluding hydrogens is 302 g/mol. The van der Waals surface area contributed by atoms with E-state index in [0.717, 1.165) is 29.8 Å². The van der Waals surface area contributed by atoms with E-state index in [1.807, 2.05) is 6.07 Å². The largest absolute Gasteiger partial charge is 0.492 e. The number of unbranched alkanes of at least 4 members (excludes halogenated alkanes) is 3. The Labute approximate surface area is 126 Å². The molecule has 0 unspecified atom stereocenters. The number of halogens is 1. The van der Waals surface area contributed by atoms with E-state index >= 15 is 0 Å². The van der Waals surface area contributed by atoms with Crippen LogP contribution in [0.15, 0.2) is 22.7 Å². The second-order valence-electron chi connectivity index (χ2n) is 5.17. The van der Waals surface area contributed by atoms with Gasteiger partial charge in [0.15, 0.2) is 0 Å². The summed E-state index contributed by atoms with van der Waals surface area (Å²) in [7, 11) is 0. The van der Waals surface area contributed by atoms with Gasteiger partial charge in [-0.3, -0.25) is 0 Å². The first kappa shape index (κ1) is 16.5. The summed E-state index contributed by atoms with van der Waals surface area (Å²) in [4.78, 5) is 0. The highest BCUT2D eigenvalue weighted by molar-refractivity contribution is 9.10. The van der Waals surface area contributed by atoms with Crippen molar-refractivity contribution in [2.45, 2.75) is 59.0 Å². The third kappa shape index (κ3) is 6.44. The first-order chi connectivity index (χ1) is 9.15. The molecular formula is C16H26BrNO. The minimum absolute atomic E-state index is 0.483. The highest BCUT2D eigenvalue weighted by atomic mass is 79.9. The van der Waals surface area contributed by atoms with E-state index in [1.54, 1.807) is 0 Å². The smallest absolute Gasteiger partial charge is 0.137 e. The van der Waals surface area contributed by atoms with Crippen molar-refractivity contribution in [1.29, 1.82) is 0 Å². The standard InChI is InChI=1S/C16H26BrNO/c1-4-5-6-7-11-19-16-14(12-18-13(2)3)9-8-10-15(16)17/h8-10,13,18H,4-7,11-12H2,1-3H3. The van der Waals surface area contributed by atoms with Crippen LogP contribution in [0.1, 0.15) is 52.0 Å². The van der Waals surface area contributed by atoms with Crippen molar-refractivity contribution < 1.29 is 4.74 Å². The lowest BCUT2D eigenvalue weighted by Crippen LogP contribution is -2.22. The van der Waals surface area contributed by atoms with Gasteiger partial charge in [0.05, 0.1) is 11.1 Å². The lowest BCUT2D eigenvalue weighted by molar-refractivity contribution is 0.299. The van der Waals surface area contributed by atoms with Gasteiger partial charge in [-0.1, -0.05) is 52.2 Å². The van der Waals surface area contributed by atoms with Crippen molar-refractivity contribution in [2.75, 3.05) is 6.61 Å². The van der Waals surface area contributed by atoms with Gasteiger partial charge in [-0.05, 0) is 28.4 Å². The Bertz CT molecular complexity index is 366. The molecule has 0 fully saturated rings. The third-order valence-corrected chi connectivity index (χ3v) is 3.62. The zero-order valence-corrected chi connectivity index (χ0v) is 13.9. The Hall–Kier alpha value is -0.540. The van der Waals surface area contributed by atoms with Gasteiger partial charge in [0.25, 0.3) is 0 Å². The number of rotatable bonds is 9. The Balaban J connectivity index is 2.54. The highest BCUT2D eigenvalue weighted by Gasteiger charge is 2.08. The summed E-state index contributed by atoms with van der Waals surface area (Å²) in [6, 6.07) is 6.71. The molecule has 1 aromatic rings. The zero-order valence-electron chi connectivity index (χ0n) is 12.3. The maximum Gasteiger partial charge on any atom is 0.137 e. The molecule has 0 saturated carbocycles. The van der Waals surface area contributed by atoms with Gasteiger partial charge < -0.3 is 10.1 Å². The fraction of sp³-hybridized carbons (Fsp3) is 0.625. The van der Waals surface area contributed by atoms with Gasteiger partial charge >= 0.3 is 0 Å². The molecule has 0 radical (unpaired) electrons. The second kappa shape index (κ2) is 9.38. The fourth-order valence-electron chi connectivity index (χ4n) is 1.87. The normalized spacial score (nSPS) is 11.0. The number of para-hydroxylation sites is 1. The van der Waals surface area contributed by atoms with E-state index < -0.39 is 0 Å². The number of hydrogen-bond donors (Lipinski definition) is 1. The summed E-state index contributed by atoms with van der Waals surface area (Å²) in [5.74, 6) is 0.993. The number of benzene rings is 1. The van der Waals surface area contributed by atoms with Gasteiger partial charge in [0.2, 0.25) is 0 Å². The molecule has 19 heavy (non-hydrogen) atoms. The van der Waals surface area contributed by atoms with E-state index in [0.29, 0.717) is 6.04 Å². The second-order valence-corrected chi connectivity index (χ2v) is 6.03. The van der Waals surface area contributed by atoms with Crippen LogP contribution in [0.5, 0.6) is 5.75 Å². The average molecular weight is 328 g/mol. The van der Waals surface area contributed by atoms with Crippen molar-refractivity contribution in [3.05, 3.63) is 28.2 Å². The summed E-state index contributed by atoms with van der Waals surface area (Å²) >= 11 is 3.58. The van der Waals surface area contributed by atoms with E-state index in [-0.39, 0.29) is 0 Å². The fourth-order valence-corrected chi connectivity index (χ4v) is 2.39. The van der Waals surface area contributed by atoms with Crippen LogP contribution in [-0.4, -0.2) is 12.6 Å². The Morgan fingerprint density at radius 2 is 2.00 bits per heavy atom. The van der Waals surface area contributed by atoms with Gasteiger partial charge in [0, 0.05) is 18.2 Å². The zero-order chi connectivity index (χ0) is 14.1. The monoisotopic (exact) mass is 327 g/mol. The maximum absolute atomic E-state index is 5.96. The highest BCUT2D eigenvalue weighted by Crippen LogP contribution is 2.29. The molecule has 108 valence electrons. The minimum atomic E-state index is 0.483. The van der Waals surface area contributed by atoms with E-state index in [2.05, 4.69) is 54.2 Å². The molecule has 0 amide bonds. The van der Waals surface area contributed by atoms with E-state index in [4.69, 9.17) is 4.74 Å². The molecule has 0 bridgehead atoms. The minimum Gasteiger partial charge on any atom is -0.492 e. The van der Waals surface area contributed by atoms with Crippen molar-refractivity contribution >= 4 is 15.9 Å². The lowest BCUT2D eigenvalue weighted by Gasteiger charge is -2.15. The molecule has 1 aromatic carbocycles. The van der Waals surface area contributed by atoms with Crippen molar-refractivity contribution in [3.63, 3.8) is 0 Å². The van der Waals surface area contributed by atoms with Gasteiger partial charge in [0.1, 0.15) is 5.75 Å². The molecule has 0 atom stereocenters. The first-order valence-electron chi connectivity index (χ1n) is 7.28. The van der Waals surface area contributed by atoms with Crippen molar-refractivity contribution in [1.82, 2.24) is 5.32 Å². The number of hydrogen-bond acceptors (Lipinski definition) is 2. The molecule has 1 rings (SSSR count). The lowest BCUT2D eigenvalue weighted by atomic mass is 10.2. The first-order valence-corrected chi connectivity index (χ1v) is 8.08. The Morgan fingerprint density at radius 1 is 1.21 bits per heavy atom. The van der Waals surface area contributed by atoms with Gasteiger partial charge in [-0.25, -0.2) is 0 Å². The van der Waals surface area contributed by atoms with E-state index in [1.165, 1.54) is 24.8 Å². The Kier molecular flexibility index (Phi) is 8.15. The molecule has 0 aliphatic heterocycles. The van der Waals surface area contributed by atoms with Crippen LogP contribution in [0.2, 0.25) is 0 Å². The quantitative estimate of drug-likeness (QED) is 0.651. The Morgan fingerprint density at radius 3 is 2.68 bits per heavy atom. The predicted octanol–water partition coefficient (Wildman–Crippen LogP) is 4.91. The van der Waals surface area contributed by atoms with Crippen LogP contribution in [-0.2, 0) is 6.54 Å². The van der Waals surface area contributed by atoms with Gasteiger partial charge in [-0.2, -0.15) is 0 Å². The summed E-state index contributed by atoms with van der Waals surface area (Å²) in [6.07, 6.45) is 4.94. The SMILES string of the molecule is CCCCCCOc1c(Br)cccc1CNC(C)C. The molecule has 0 aliphatic carbocycles. The topological polar surface area (TPSA) is 21.3 Å². The summed E-state index contributed by atoms with van der Waals surface area (Å²) in [5, 5.41) is 3.44. The third-order valence-electron chi connectivity index (χ3n) is 2.99. The summed E-state index contributed by atoms with van der Waals surface area (Å²) < 4.78 is 7.01. The van der Waals surface area contributed by atoms with Crippen LogP contribution in [0.3, 0.4) is 0 Å². The maximum atomic E-state index is 5.96. The van der Waals surface area contributed by atoms with Crippen LogP contribution in [0, 0.1) is 0 Å². The molecule has 1 N–H and O–H groups in total. The van der Waals surface area contributed by atoms with Crippen LogP contribution < -0.4 is 10.1 Å². The molecule has 0 aromatic heterocycles. The average Bonchev–Trinajstić information content (AvgIpc) is 2.38. The molecule has 3 heteroatoms. The van der Waals surface area contributed by atoms with Gasteiger partial charge in [-0.15, -0.1) is 0 Å². The summed E-state index contributed by atoms with van der Waals surface area (Å²) in [5.41, 5.74) is 1.22. The number of nitrogens with one attached hydrogen (secondary N) is 1. The molecule has 0 saturated heterocycles. The molecule has 0 spiro atoms. The van der Waals surface area contributed by atoms with E-state index in [9.17, 15) is 0 Å². The van der Waals surface area contributed by atoms with Crippen LogP contribution >= 0.6 is 15.9 Å². The van der Waals surface area contributed by atoms with Crippen LogP contribution in [0.4, 0.5) is 0 Å². The number of ether oxygens (including phenoxy) is 1. The molecule has 0 aliphatic rings. The molecule has 2 nitrogen and oxygen atoms in total. The van der Waals surface area contributed by atoms with Crippen molar-refractivity contribution in [3.8, 4) is 5.75 Å². The molecule has 0 heterocycles.